The first-order valence-corrected chi connectivity index (χ1v) is 6.32. The molecule has 0 atom stereocenters. The van der Waals surface area contributed by atoms with E-state index in [9.17, 15) is 14.7 Å². The summed E-state index contributed by atoms with van der Waals surface area (Å²) < 4.78 is 0. The average Bonchev–Trinajstić information content (AvgIpc) is 2.46. The van der Waals surface area contributed by atoms with Gasteiger partial charge in [-0.3, -0.25) is 9.78 Å². The summed E-state index contributed by atoms with van der Waals surface area (Å²) in [5, 5.41) is 9.22. The van der Waals surface area contributed by atoms with Crippen molar-refractivity contribution in [1.29, 1.82) is 0 Å². The fourth-order valence-electron chi connectivity index (χ4n) is 1.95. The second-order valence-corrected chi connectivity index (χ2v) is 4.84. The average molecular weight is 269 g/mol. The van der Waals surface area contributed by atoms with Crippen molar-refractivity contribution in [2.45, 2.75) is 19.8 Å². The summed E-state index contributed by atoms with van der Waals surface area (Å²) in [7, 11) is 0. The van der Waals surface area contributed by atoms with Crippen molar-refractivity contribution in [3.8, 4) is 0 Å². The molecule has 0 saturated heterocycles. The van der Waals surface area contributed by atoms with E-state index in [2.05, 4.69) is 4.98 Å². The van der Waals surface area contributed by atoms with Gasteiger partial charge in [0.15, 0.2) is 5.78 Å². The van der Waals surface area contributed by atoms with Gasteiger partial charge in [-0.1, -0.05) is 19.9 Å². The first kappa shape index (κ1) is 13.9. The Morgan fingerprint density at radius 1 is 1.15 bits per heavy atom. The molecule has 20 heavy (non-hydrogen) atoms. The number of carboxylic acids is 1. The second kappa shape index (κ2) is 5.65. The minimum atomic E-state index is -1.10. The van der Waals surface area contributed by atoms with E-state index >= 15 is 0 Å². The summed E-state index contributed by atoms with van der Waals surface area (Å²) in [6.45, 7) is 3.99. The van der Waals surface area contributed by atoms with Crippen LogP contribution in [-0.2, 0) is 0 Å². The van der Waals surface area contributed by atoms with Crippen LogP contribution in [0.5, 0.6) is 0 Å². The molecule has 2 aromatic rings. The molecular formula is C16H15NO3. The zero-order chi connectivity index (χ0) is 14.7. The Labute approximate surface area is 117 Å². The van der Waals surface area contributed by atoms with Crippen LogP contribution in [0, 0.1) is 0 Å². The number of hydrogen-bond donors (Lipinski definition) is 1. The Bertz CT molecular complexity index is 648. The van der Waals surface area contributed by atoms with Gasteiger partial charge < -0.3 is 5.11 Å². The molecule has 0 saturated carbocycles. The number of benzene rings is 1. The SMILES string of the molecule is CC(C)c1ccc(C(=O)O)c(C(=O)c2cccnc2)c1. The lowest BCUT2D eigenvalue weighted by atomic mass is 9.93. The summed E-state index contributed by atoms with van der Waals surface area (Å²) in [5.41, 5.74) is 1.54. The highest BCUT2D eigenvalue weighted by Crippen LogP contribution is 2.21. The summed E-state index contributed by atoms with van der Waals surface area (Å²) in [6, 6.07) is 8.17. The van der Waals surface area contributed by atoms with Crippen LogP contribution >= 0.6 is 0 Å². The monoisotopic (exact) mass is 269 g/mol. The van der Waals surface area contributed by atoms with Crippen molar-refractivity contribution in [3.63, 3.8) is 0 Å². The summed E-state index contributed by atoms with van der Waals surface area (Å²) >= 11 is 0. The molecular weight excluding hydrogens is 254 g/mol. The summed E-state index contributed by atoms with van der Waals surface area (Å²) in [4.78, 5) is 27.6. The Morgan fingerprint density at radius 2 is 1.90 bits per heavy atom. The molecule has 1 aromatic carbocycles. The van der Waals surface area contributed by atoms with E-state index in [1.165, 1.54) is 12.3 Å². The number of carbonyl (C=O) groups is 2. The molecule has 0 amide bonds. The first-order valence-electron chi connectivity index (χ1n) is 6.32. The standard InChI is InChI=1S/C16H15NO3/c1-10(2)11-5-6-13(16(19)20)14(8-11)15(18)12-4-3-7-17-9-12/h3-10H,1-2H3,(H,19,20). The third-order valence-corrected chi connectivity index (χ3v) is 3.11. The van der Waals surface area contributed by atoms with Crippen molar-refractivity contribution < 1.29 is 14.7 Å². The third kappa shape index (κ3) is 2.74. The smallest absolute Gasteiger partial charge is 0.336 e. The highest BCUT2D eigenvalue weighted by Gasteiger charge is 2.19. The Morgan fingerprint density at radius 3 is 2.45 bits per heavy atom. The van der Waals surface area contributed by atoms with Gasteiger partial charge in [-0.25, -0.2) is 4.79 Å². The van der Waals surface area contributed by atoms with E-state index in [4.69, 9.17) is 0 Å². The number of carbonyl (C=O) groups excluding carboxylic acids is 1. The molecule has 0 bridgehead atoms. The van der Waals surface area contributed by atoms with Crippen molar-refractivity contribution in [1.82, 2.24) is 4.98 Å². The lowest BCUT2D eigenvalue weighted by Crippen LogP contribution is -2.11. The van der Waals surface area contributed by atoms with Crippen molar-refractivity contribution in [2.24, 2.45) is 0 Å². The molecule has 2 rings (SSSR count). The number of aromatic carboxylic acids is 1. The molecule has 4 nitrogen and oxygen atoms in total. The second-order valence-electron chi connectivity index (χ2n) is 4.84. The number of aromatic nitrogens is 1. The minimum absolute atomic E-state index is 0.0169. The summed E-state index contributed by atoms with van der Waals surface area (Å²) in [6.07, 6.45) is 3.01. The molecule has 0 unspecified atom stereocenters. The number of ketones is 1. The van der Waals surface area contributed by atoms with Crippen molar-refractivity contribution in [2.75, 3.05) is 0 Å². The molecule has 0 spiro atoms. The van der Waals surface area contributed by atoms with Gasteiger partial charge in [-0.2, -0.15) is 0 Å². The number of nitrogens with zero attached hydrogens (tertiary/aromatic N) is 1. The zero-order valence-electron chi connectivity index (χ0n) is 11.3. The molecule has 4 heteroatoms. The normalized spacial score (nSPS) is 10.6. The third-order valence-electron chi connectivity index (χ3n) is 3.11. The topological polar surface area (TPSA) is 67.3 Å². The molecule has 1 aromatic heterocycles. The highest BCUT2D eigenvalue weighted by molar-refractivity contribution is 6.14. The van der Waals surface area contributed by atoms with Gasteiger partial charge in [0.1, 0.15) is 0 Å². The predicted molar refractivity (Wildman–Crippen MR) is 75.2 cm³/mol. The van der Waals surface area contributed by atoms with E-state index in [0.717, 1.165) is 5.56 Å². The molecule has 1 heterocycles. The maximum absolute atomic E-state index is 12.4. The maximum atomic E-state index is 12.4. The highest BCUT2D eigenvalue weighted by atomic mass is 16.4. The molecule has 0 radical (unpaired) electrons. The molecule has 0 aliphatic heterocycles. The number of hydrogen-bond acceptors (Lipinski definition) is 3. The molecule has 0 aliphatic rings. The zero-order valence-corrected chi connectivity index (χ0v) is 11.3. The van der Waals surface area contributed by atoms with Crippen molar-refractivity contribution >= 4 is 11.8 Å². The van der Waals surface area contributed by atoms with Gasteiger partial charge in [0.25, 0.3) is 0 Å². The van der Waals surface area contributed by atoms with Gasteiger partial charge in [0.2, 0.25) is 0 Å². The Kier molecular flexibility index (Phi) is 3.94. The predicted octanol–water partition coefficient (Wildman–Crippen LogP) is 3.13. The Balaban J connectivity index is 2.56. The van der Waals surface area contributed by atoms with Crippen molar-refractivity contribution in [3.05, 3.63) is 65.0 Å². The molecule has 0 fully saturated rings. The van der Waals surface area contributed by atoms with E-state index in [1.807, 2.05) is 13.8 Å². The Hall–Kier alpha value is -2.49. The summed E-state index contributed by atoms with van der Waals surface area (Å²) in [5.74, 6) is -1.20. The van der Waals surface area contributed by atoms with E-state index < -0.39 is 5.97 Å². The van der Waals surface area contributed by atoms with Crippen LogP contribution in [-0.4, -0.2) is 21.8 Å². The lowest BCUT2D eigenvalue weighted by molar-refractivity contribution is 0.0692. The molecule has 102 valence electrons. The van der Waals surface area contributed by atoms with Gasteiger partial charge in [-0.05, 0) is 35.7 Å². The molecule has 1 N–H and O–H groups in total. The van der Waals surface area contributed by atoms with E-state index in [-0.39, 0.29) is 22.8 Å². The van der Waals surface area contributed by atoms with Crippen LogP contribution in [0.1, 0.15) is 51.6 Å². The van der Waals surface area contributed by atoms with Crippen LogP contribution in [0.4, 0.5) is 0 Å². The maximum Gasteiger partial charge on any atom is 0.336 e. The number of carboxylic acid groups (broad SMARTS) is 1. The fourth-order valence-corrected chi connectivity index (χ4v) is 1.95. The molecule has 0 aliphatic carbocycles. The lowest BCUT2D eigenvalue weighted by Gasteiger charge is -2.10. The minimum Gasteiger partial charge on any atom is -0.478 e. The van der Waals surface area contributed by atoms with Crippen LogP contribution in [0.3, 0.4) is 0 Å². The van der Waals surface area contributed by atoms with Gasteiger partial charge in [-0.15, -0.1) is 0 Å². The van der Waals surface area contributed by atoms with Gasteiger partial charge in [0.05, 0.1) is 5.56 Å². The fraction of sp³-hybridized carbons (Fsp3) is 0.188. The largest absolute Gasteiger partial charge is 0.478 e. The van der Waals surface area contributed by atoms with Gasteiger partial charge >= 0.3 is 5.97 Å². The van der Waals surface area contributed by atoms with Crippen LogP contribution in [0.15, 0.2) is 42.7 Å². The first-order chi connectivity index (χ1) is 9.50. The quantitative estimate of drug-likeness (QED) is 0.866. The van der Waals surface area contributed by atoms with E-state index in [0.29, 0.717) is 5.56 Å². The van der Waals surface area contributed by atoms with Crippen LogP contribution in [0.2, 0.25) is 0 Å². The van der Waals surface area contributed by atoms with E-state index in [1.54, 1.807) is 30.5 Å². The van der Waals surface area contributed by atoms with Crippen LogP contribution in [0.25, 0.3) is 0 Å². The number of pyridine rings is 1. The van der Waals surface area contributed by atoms with Crippen LogP contribution < -0.4 is 0 Å². The van der Waals surface area contributed by atoms with Gasteiger partial charge in [0, 0.05) is 23.5 Å². The number of rotatable bonds is 4.